The fourth-order valence-electron chi connectivity index (χ4n) is 2.03. The van der Waals surface area contributed by atoms with Crippen LogP contribution in [0.4, 0.5) is 14.7 Å². The quantitative estimate of drug-likeness (QED) is 0.918. The van der Waals surface area contributed by atoms with Gasteiger partial charge in [0, 0.05) is 23.9 Å². The lowest BCUT2D eigenvalue weighted by molar-refractivity contribution is 0.566. The van der Waals surface area contributed by atoms with Crippen molar-refractivity contribution in [1.29, 1.82) is 0 Å². The third-order valence-corrected chi connectivity index (χ3v) is 3.16. The van der Waals surface area contributed by atoms with Gasteiger partial charge < -0.3 is 9.88 Å². The fraction of sp³-hybridized carbons (Fsp3) is 0.357. The number of anilines is 1. The van der Waals surface area contributed by atoms with Crippen LogP contribution in [0.5, 0.6) is 0 Å². The molecule has 0 bridgehead atoms. The topological polar surface area (TPSA) is 29.9 Å². The number of rotatable bonds is 4. The van der Waals surface area contributed by atoms with E-state index in [9.17, 15) is 8.78 Å². The Hall–Kier alpha value is -1.91. The second-order valence-electron chi connectivity index (χ2n) is 4.99. The van der Waals surface area contributed by atoms with E-state index in [1.165, 1.54) is 12.1 Å². The van der Waals surface area contributed by atoms with Gasteiger partial charge >= 0.3 is 0 Å². The molecule has 0 aliphatic heterocycles. The summed E-state index contributed by atoms with van der Waals surface area (Å²) in [4.78, 5) is 4.39. The molecular formula is C14H15F2N3. The summed E-state index contributed by atoms with van der Waals surface area (Å²) in [5.41, 5.74) is 1.34. The predicted molar refractivity (Wildman–Crippen MR) is 69.1 cm³/mol. The Morgan fingerprint density at radius 2 is 2.16 bits per heavy atom. The molecule has 0 saturated heterocycles. The first kappa shape index (κ1) is 12.1. The van der Waals surface area contributed by atoms with Crippen LogP contribution in [0.2, 0.25) is 0 Å². The standard InChI is InChI=1S/C14H15F2N3/c1-9-7-19(14(17-9)18-12-4-5-12)8-10-2-3-11(15)6-13(10)16/h2-3,6-7,12H,4-5,8H2,1H3,(H,17,18). The van der Waals surface area contributed by atoms with Gasteiger partial charge in [-0.25, -0.2) is 13.8 Å². The number of aryl methyl sites for hydroxylation is 1. The highest BCUT2D eigenvalue weighted by Crippen LogP contribution is 2.25. The van der Waals surface area contributed by atoms with Crippen molar-refractivity contribution >= 4 is 5.95 Å². The summed E-state index contributed by atoms with van der Waals surface area (Å²) >= 11 is 0. The van der Waals surface area contributed by atoms with Crippen LogP contribution in [0.1, 0.15) is 24.1 Å². The Bertz CT molecular complexity index is 603. The van der Waals surface area contributed by atoms with Crippen LogP contribution >= 0.6 is 0 Å². The predicted octanol–water partition coefficient (Wildman–Crippen LogP) is 3.09. The Morgan fingerprint density at radius 3 is 2.84 bits per heavy atom. The van der Waals surface area contributed by atoms with E-state index in [4.69, 9.17) is 0 Å². The highest BCUT2D eigenvalue weighted by Gasteiger charge is 2.23. The van der Waals surface area contributed by atoms with Crippen LogP contribution in [0.25, 0.3) is 0 Å². The molecule has 1 N–H and O–H groups in total. The first-order valence-corrected chi connectivity index (χ1v) is 6.36. The van der Waals surface area contributed by atoms with Crippen LogP contribution in [0.15, 0.2) is 24.4 Å². The molecule has 19 heavy (non-hydrogen) atoms. The van der Waals surface area contributed by atoms with Gasteiger partial charge in [-0.15, -0.1) is 0 Å². The monoisotopic (exact) mass is 263 g/mol. The summed E-state index contributed by atoms with van der Waals surface area (Å²) in [7, 11) is 0. The second kappa shape index (κ2) is 4.64. The van der Waals surface area contributed by atoms with E-state index in [0.717, 1.165) is 30.6 Å². The summed E-state index contributed by atoms with van der Waals surface area (Å²) in [6.07, 6.45) is 4.17. The average Bonchev–Trinajstić information content (AvgIpc) is 3.08. The third kappa shape index (κ3) is 2.75. The van der Waals surface area contributed by atoms with E-state index in [1.54, 1.807) is 0 Å². The van der Waals surface area contributed by atoms with Gasteiger partial charge in [0.25, 0.3) is 0 Å². The SMILES string of the molecule is Cc1cn(Cc2ccc(F)cc2F)c(NC2CC2)n1. The van der Waals surface area contributed by atoms with Crippen LogP contribution in [-0.4, -0.2) is 15.6 Å². The molecule has 1 aromatic carbocycles. The largest absolute Gasteiger partial charge is 0.353 e. The van der Waals surface area contributed by atoms with E-state index in [1.807, 2.05) is 17.7 Å². The van der Waals surface area contributed by atoms with Gasteiger partial charge in [0.1, 0.15) is 11.6 Å². The van der Waals surface area contributed by atoms with Crippen LogP contribution in [0, 0.1) is 18.6 Å². The summed E-state index contributed by atoms with van der Waals surface area (Å²) in [5.74, 6) is -0.327. The zero-order chi connectivity index (χ0) is 13.4. The molecule has 0 spiro atoms. The summed E-state index contributed by atoms with van der Waals surface area (Å²) in [6, 6.07) is 4.14. The number of hydrogen-bond donors (Lipinski definition) is 1. The van der Waals surface area contributed by atoms with Crippen molar-refractivity contribution in [2.45, 2.75) is 32.4 Å². The zero-order valence-corrected chi connectivity index (χ0v) is 10.7. The van der Waals surface area contributed by atoms with Crippen molar-refractivity contribution in [3.63, 3.8) is 0 Å². The van der Waals surface area contributed by atoms with Crippen molar-refractivity contribution in [2.75, 3.05) is 5.32 Å². The maximum absolute atomic E-state index is 13.7. The van der Waals surface area contributed by atoms with Crippen LogP contribution < -0.4 is 5.32 Å². The molecular weight excluding hydrogens is 248 g/mol. The van der Waals surface area contributed by atoms with Gasteiger partial charge in [0.2, 0.25) is 5.95 Å². The molecule has 1 aromatic heterocycles. The maximum atomic E-state index is 13.7. The lowest BCUT2D eigenvalue weighted by Gasteiger charge is -2.09. The Balaban J connectivity index is 1.85. The Kier molecular flexibility index (Phi) is 2.97. The molecule has 1 saturated carbocycles. The van der Waals surface area contributed by atoms with Crippen LogP contribution in [-0.2, 0) is 6.54 Å². The minimum Gasteiger partial charge on any atom is -0.353 e. The summed E-state index contributed by atoms with van der Waals surface area (Å²) < 4.78 is 28.4. The first-order valence-electron chi connectivity index (χ1n) is 6.36. The summed E-state index contributed by atoms with van der Waals surface area (Å²) in [5, 5.41) is 3.31. The molecule has 3 rings (SSSR count). The first-order chi connectivity index (χ1) is 9.11. The van der Waals surface area contributed by atoms with E-state index in [2.05, 4.69) is 10.3 Å². The van der Waals surface area contributed by atoms with Gasteiger partial charge in [-0.1, -0.05) is 6.07 Å². The number of halogens is 2. The molecule has 1 fully saturated rings. The van der Waals surface area contributed by atoms with E-state index >= 15 is 0 Å². The fourth-order valence-corrected chi connectivity index (χ4v) is 2.03. The molecule has 5 heteroatoms. The van der Waals surface area contributed by atoms with Gasteiger partial charge in [0.05, 0.1) is 12.2 Å². The third-order valence-electron chi connectivity index (χ3n) is 3.16. The molecule has 0 amide bonds. The molecule has 0 atom stereocenters. The molecule has 100 valence electrons. The van der Waals surface area contributed by atoms with Crippen molar-refractivity contribution in [3.8, 4) is 0 Å². The molecule has 2 aromatic rings. The van der Waals surface area contributed by atoms with Crippen molar-refractivity contribution in [2.24, 2.45) is 0 Å². The van der Waals surface area contributed by atoms with Gasteiger partial charge in [-0.3, -0.25) is 0 Å². The minimum atomic E-state index is -0.556. The molecule has 3 nitrogen and oxygen atoms in total. The van der Waals surface area contributed by atoms with Gasteiger partial charge in [0.15, 0.2) is 0 Å². The normalized spacial score (nSPS) is 14.7. The number of hydrogen-bond acceptors (Lipinski definition) is 2. The zero-order valence-electron chi connectivity index (χ0n) is 10.7. The highest BCUT2D eigenvalue weighted by molar-refractivity contribution is 5.33. The number of nitrogens with one attached hydrogen (secondary N) is 1. The lowest BCUT2D eigenvalue weighted by atomic mass is 10.2. The van der Waals surface area contributed by atoms with E-state index in [0.29, 0.717) is 18.2 Å². The number of imidazole rings is 1. The number of benzene rings is 1. The molecule has 1 aliphatic rings. The Labute approximate surface area is 110 Å². The van der Waals surface area contributed by atoms with Crippen LogP contribution in [0.3, 0.4) is 0 Å². The number of aromatic nitrogens is 2. The maximum Gasteiger partial charge on any atom is 0.203 e. The molecule has 0 radical (unpaired) electrons. The van der Waals surface area contributed by atoms with E-state index < -0.39 is 11.6 Å². The molecule has 1 heterocycles. The van der Waals surface area contributed by atoms with Gasteiger partial charge in [-0.05, 0) is 25.8 Å². The van der Waals surface area contributed by atoms with E-state index in [-0.39, 0.29) is 0 Å². The van der Waals surface area contributed by atoms with Crippen molar-refractivity contribution in [3.05, 3.63) is 47.3 Å². The van der Waals surface area contributed by atoms with Crippen molar-refractivity contribution in [1.82, 2.24) is 9.55 Å². The van der Waals surface area contributed by atoms with Crippen molar-refractivity contribution < 1.29 is 8.78 Å². The average molecular weight is 263 g/mol. The summed E-state index contributed by atoms with van der Waals surface area (Å²) in [6.45, 7) is 2.25. The number of nitrogens with zero attached hydrogens (tertiary/aromatic N) is 2. The van der Waals surface area contributed by atoms with Gasteiger partial charge in [-0.2, -0.15) is 0 Å². The second-order valence-corrected chi connectivity index (χ2v) is 4.99. The lowest BCUT2D eigenvalue weighted by Crippen LogP contribution is -2.10. The molecule has 0 unspecified atom stereocenters. The molecule has 1 aliphatic carbocycles. The smallest absolute Gasteiger partial charge is 0.203 e. The minimum absolute atomic E-state index is 0.349. The highest BCUT2D eigenvalue weighted by atomic mass is 19.1. The Morgan fingerprint density at radius 1 is 1.37 bits per heavy atom.